The minimum Gasteiger partial charge on any atom is -0.374 e. The molecule has 0 aliphatic carbocycles. The molecule has 0 aliphatic rings. The molecule has 2 nitrogen and oxygen atoms in total. The molecule has 0 saturated carbocycles. The molecule has 0 aromatic heterocycles. The van der Waals surface area contributed by atoms with Crippen LogP contribution in [0.1, 0.15) is 53.4 Å². The van der Waals surface area contributed by atoms with E-state index in [0.717, 1.165) is 32.3 Å². The van der Waals surface area contributed by atoms with Crippen molar-refractivity contribution in [1.82, 2.24) is 0 Å². The summed E-state index contributed by atoms with van der Waals surface area (Å²) in [7, 11) is 0. The van der Waals surface area contributed by atoms with Gasteiger partial charge in [-0.15, -0.1) is 0 Å². The van der Waals surface area contributed by atoms with Gasteiger partial charge in [0, 0.05) is 12.6 Å². The Balaban J connectivity index is 4.33. The summed E-state index contributed by atoms with van der Waals surface area (Å²) in [5.74, 6) is 0. The molecule has 0 aliphatic heterocycles. The Morgan fingerprint density at radius 2 is 1.69 bits per heavy atom. The Morgan fingerprint density at radius 1 is 1.15 bits per heavy atom. The van der Waals surface area contributed by atoms with Gasteiger partial charge in [-0.1, -0.05) is 27.2 Å². The van der Waals surface area contributed by atoms with Crippen LogP contribution in [0.15, 0.2) is 0 Å². The van der Waals surface area contributed by atoms with E-state index in [1.54, 1.807) is 0 Å². The van der Waals surface area contributed by atoms with Crippen molar-refractivity contribution in [3.05, 3.63) is 0 Å². The molecule has 0 fully saturated rings. The Morgan fingerprint density at radius 3 is 2.00 bits per heavy atom. The lowest BCUT2D eigenvalue weighted by atomic mass is 9.86. The van der Waals surface area contributed by atoms with Gasteiger partial charge in [0.2, 0.25) is 0 Å². The highest BCUT2D eigenvalue weighted by Gasteiger charge is 2.32. The fourth-order valence-electron chi connectivity index (χ4n) is 1.95. The summed E-state index contributed by atoms with van der Waals surface area (Å²) < 4.78 is 5.82. The first kappa shape index (κ1) is 12.9. The van der Waals surface area contributed by atoms with E-state index in [4.69, 9.17) is 10.5 Å². The van der Waals surface area contributed by atoms with Crippen LogP contribution in [0, 0.1) is 0 Å². The van der Waals surface area contributed by atoms with Gasteiger partial charge in [-0.25, -0.2) is 0 Å². The molecule has 0 rings (SSSR count). The molecular weight excluding hydrogens is 162 g/mol. The summed E-state index contributed by atoms with van der Waals surface area (Å²) in [6, 6.07) is 0.187. The lowest BCUT2D eigenvalue weighted by molar-refractivity contribution is -0.0651. The van der Waals surface area contributed by atoms with Crippen LogP contribution in [0.5, 0.6) is 0 Å². The molecule has 0 heterocycles. The molecule has 0 spiro atoms. The second-order valence-electron chi connectivity index (χ2n) is 3.60. The first-order valence-corrected chi connectivity index (χ1v) is 5.56. The fourth-order valence-corrected chi connectivity index (χ4v) is 1.95. The van der Waals surface area contributed by atoms with Crippen LogP contribution < -0.4 is 5.73 Å². The number of hydrogen-bond donors (Lipinski definition) is 1. The number of rotatable bonds is 7. The summed E-state index contributed by atoms with van der Waals surface area (Å²) in [4.78, 5) is 0. The zero-order valence-corrected chi connectivity index (χ0v) is 9.60. The monoisotopic (exact) mass is 187 g/mol. The molecular formula is C11H25NO. The molecule has 2 heteroatoms. The molecule has 1 atom stereocenters. The van der Waals surface area contributed by atoms with Crippen molar-refractivity contribution in [3.8, 4) is 0 Å². The third-order valence-electron chi connectivity index (χ3n) is 2.90. The van der Waals surface area contributed by atoms with Crippen molar-refractivity contribution in [3.63, 3.8) is 0 Å². The van der Waals surface area contributed by atoms with Crippen molar-refractivity contribution in [2.45, 2.75) is 65.0 Å². The van der Waals surface area contributed by atoms with E-state index < -0.39 is 0 Å². The smallest absolute Gasteiger partial charge is 0.0827 e. The molecule has 0 amide bonds. The molecule has 0 aromatic carbocycles. The summed E-state index contributed by atoms with van der Waals surface area (Å²) in [5, 5.41) is 0. The van der Waals surface area contributed by atoms with Crippen molar-refractivity contribution in [1.29, 1.82) is 0 Å². The minimum absolute atomic E-state index is 0.0786. The second-order valence-corrected chi connectivity index (χ2v) is 3.60. The van der Waals surface area contributed by atoms with Crippen LogP contribution >= 0.6 is 0 Å². The SMILES string of the molecule is CCC[C@H](N)C(CC)(CC)OCC. The van der Waals surface area contributed by atoms with Crippen LogP contribution in [-0.2, 0) is 4.74 Å². The summed E-state index contributed by atoms with van der Waals surface area (Å²) >= 11 is 0. The van der Waals surface area contributed by atoms with E-state index in [1.165, 1.54) is 0 Å². The van der Waals surface area contributed by atoms with Gasteiger partial charge in [-0.2, -0.15) is 0 Å². The van der Waals surface area contributed by atoms with Gasteiger partial charge in [0.1, 0.15) is 0 Å². The van der Waals surface area contributed by atoms with Gasteiger partial charge in [-0.05, 0) is 26.2 Å². The lowest BCUT2D eigenvalue weighted by Crippen LogP contribution is -2.49. The standard InChI is InChI=1S/C11H25NO/c1-5-9-10(12)11(6-2,7-3)13-8-4/h10H,5-9,12H2,1-4H3/t10-/m0/s1. The highest BCUT2D eigenvalue weighted by Crippen LogP contribution is 2.26. The first-order valence-electron chi connectivity index (χ1n) is 5.56. The average molecular weight is 187 g/mol. The first-order chi connectivity index (χ1) is 6.16. The summed E-state index contributed by atoms with van der Waals surface area (Å²) in [5.41, 5.74) is 6.07. The van der Waals surface area contributed by atoms with E-state index in [-0.39, 0.29) is 11.6 Å². The maximum absolute atomic E-state index is 6.15. The highest BCUT2D eigenvalue weighted by molar-refractivity contribution is 4.88. The lowest BCUT2D eigenvalue weighted by Gasteiger charge is -2.37. The summed E-state index contributed by atoms with van der Waals surface area (Å²) in [6.45, 7) is 9.29. The van der Waals surface area contributed by atoms with Gasteiger partial charge in [0.15, 0.2) is 0 Å². The van der Waals surface area contributed by atoms with Crippen molar-refractivity contribution in [2.75, 3.05) is 6.61 Å². The van der Waals surface area contributed by atoms with Crippen LogP contribution in [0.25, 0.3) is 0 Å². The Bertz CT molecular complexity index is 121. The van der Waals surface area contributed by atoms with E-state index >= 15 is 0 Å². The molecule has 0 radical (unpaired) electrons. The maximum Gasteiger partial charge on any atom is 0.0827 e. The molecule has 0 bridgehead atoms. The molecule has 80 valence electrons. The van der Waals surface area contributed by atoms with Crippen molar-refractivity contribution in [2.24, 2.45) is 5.73 Å². The minimum atomic E-state index is -0.0786. The van der Waals surface area contributed by atoms with Crippen molar-refractivity contribution < 1.29 is 4.74 Å². The Labute approximate surface area is 82.8 Å². The third-order valence-corrected chi connectivity index (χ3v) is 2.90. The van der Waals surface area contributed by atoms with Gasteiger partial charge in [0.25, 0.3) is 0 Å². The van der Waals surface area contributed by atoms with Crippen LogP contribution in [-0.4, -0.2) is 18.2 Å². The molecule has 0 unspecified atom stereocenters. The van der Waals surface area contributed by atoms with Crippen LogP contribution in [0.2, 0.25) is 0 Å². The number of nitrogens with two attached hydrogens (primary N) is 1. The number of hydrogen-bond acceptors (Lipinski definition) is 2. The number of ether oxygens (including phenoxy) is 1. The molecule has 0 aromatic rings. The molecule has 0 saturated heterocycles. The maximum atomic E-state index is 6.15. The highest BCUT2D eigenvalue weighted by atomic mass is 16.5. The van der Waals surface area contributed by atoms with Crippen molar-refractivity contribution >= 4 is 0 Å². The normalized spacial score (nSPS) is 14.5. The van der Waals surface area contributed by atoms with Gasteiger partial charge in [0.05, 0.1) is 5.60 Å². The largest absolute Gasteiger partial charge is 0.374 e. The zero-order valence-electron chi connectivity index (χ0n) is 9.60. The van der Waals surface area contributed by atoms with Crippen LogP contribution in [0.4, 0.5) is 0 Å². The second kappa shape index (κ2) is 6.39. The predicted octanol–water partition coefficient (Wildman–Crippen LogP) is 2.71. The topological polar surface area (TPSA) is 35.2 Å². The van der Waals surface area contributed by atoms with E-state index in [9.17, 15) is 0 Å². The Hall–Kier alpha value is -0.0800. The predicted molar refractivity (Wildman–Crippen MR) is 57.8 cm³/mol. The van der Waals surface area contributed by atoms with Gasteiger partial charge >= 0.3 is 0 Å². The molecule has 2 N–H and O–H groups in total. The van der Waals surface area contributed by atoms with E-state index in [2.05, 4.69) is 20.8 Å². The summed E-state index contributed by atoms with van der Waals surface area (Å²) in [6.07, 6.45) is 4.22. The van der Waals surface area contributed by atoms with E-state index in [0.29, 0.717) is 0 Å². The quantitative estimate of drug-likeness (QED) is 0.665. The molecule has 13 heavy (non-hydrogen) atoms. The fraction of sp³-hybridized carbons (Fsp3) is 1.00. The zero-order chi connectivity index (χ0) is 10.3. The van der Waals surface area contributed by atoms with E-state index in [1.807, 2.05) is 6.92 Å². The average Bonchev–Trinajstić information content (AvgIpc) is 2.14. The van der Waals surface area contributed by atoms with Crippen LogP contribution in [0.3, 0.4) is 0 Å². The van der Waals surface area contributed by atoms with Gasteiger partial charge in [-0.3, -0.25) is 0 Å². The Kier molecular flexibility index (Phi) is 6.35. The third kappa shape index (κ3) is 3.28. The van der Waals surface area contributed by atoms with Gasteiger partial charge < -0.3 is 10.5 Å².